The largest absolute Gasteiger partial charge is 0.351 e. The lowest BCUT2D eigenvalue weighted by atomic mass is 9.62. The maximum absolute atomic E-state index is 12.6. The monoisotopic (exact) mass is 279 g/mol. The fraction of sp³-hybridized carbons (Fsp3) is 0.812. The lowest BCUT2D eigenvalue weighted by molar-refractivity contribution is -0.137. The minimum Gasteiger partial charge on any atom is -0.351 e. The van der Waals surface area contributed by atoms with Gasteiger partial charge in [0.2, 0.25) is 5.91 Å². The van der Waals surface area contributed by atoms with Crippen LogP contribution in [0.25, 0.3) is 0 Å². The Morgan fingerprint density at radius 3 is 2.35 bits per heavy atom. The number of nitrogens with zero attached hydrogens (tertiary/aromatic N) is 2. The Hall–Kier alpha value is -1.37. The van der Waals surface area contributed by atoms with Gasteiger partial charge in [0.25, 0.3) is 0 Å². The van der Waals surface area contributed by atoms with E-state index < -0.39 is 0 Å². The average molecular weight is 279 g/mol. The molecule has 20 heavy (non-hydrogen) atoms. The Bertz CT molecular complexity index is 356. The first-order valence-electron chi connectivity index (χ1n) is 7.38. The molecule has 0 aromatic heterocycles. The van der Waals surface area contributed by atoms with Crippen LogP contribution in [0.3, 0.4) is 0 Å². The van der Waals surface area contributed by atoms with Crippen molar-refractivity contribution in [3.05, 3.63) is 12.7 Å². The van der Waals surface area contributed by atoms with E-state index in [2.05, 4.69) is 25.7 Å². The number of rotatable bonds is 3. The lowest BCUT2D eigenvalue weighted by Crippen LogP contribution is -2.52. The Labute approximate surface area is 123 Å². The van der Waals surface area contributed by atoms with Gasteiger partial charge in [-0.25, -0.2) is 0 Å². The fourth-order valence-electron chi connectivity index (χ4n) is 3.16. The van der Waals surface area contributed by atoms with Gasteiger partial charge in [0.05, 0.1) is 0 Å². The molecule has 3 atom stereocenters. The Morgan fingerprint density at radius 1 is 1.40 bits per heavy atom. The summed E-state index contributed by atoms with van der Waals surface area (Å²) in [5, 5.41) is 15.2. The van der Waals surface area contributed by atoms with Crippen LogP contribution in [0, 0.1) is 28.0 Å². The van der Waals surface area contributed by atoms with Crippen LogP contribution in [-0.2, 0) is 4.79 Å². The highest BCUT2D eigenvalue weighted by Crippen LogP contribution is 2.46. The number of nitrogens with one attached hydrogen (secondary N) is 1. The summed E-state index contributed by atoms with van der Waals surface area (Å²) >= 11 is 0. The van der Waals surface area contributed by atoms with E-state index >= 15 is 0 Å². The third-order valence-electron chi connectivity index (χ3n) is 4.31. The van der Waals surface area contributed by atoms with Crippen molar-refractivity contribution in [3.8, 4) is 0 Å². The van der Waals surface area contributed by atoms with Gasteiger partial charge in [-0.1, -0.05) is 26.3 Å². The van der Waals surface area contributed by atoms with Gasteiger partial charge >= 0.3 is 0 Å². The summed E-state index contributed by atoms with van der Waals surface area (Å²) in [5.74, 6) is 1.20. The van der Waals surface area contributed by atoms with Gasteiger partial charge in [0, 0.05) is 21.7 Å². The third kappa shape index (κ3) is 4.63. The second-order valence-electron chi connectivity index (χ2n) is 7.00. The zero-order chi connectivity index (χ0) is 16.0. The number of hydrogen-bond donors (Lipinski definition) is 1. The summed E-state index contributed by atoms with van der Waals surface area (Å²) in [5.41, 5.74) is -0.390. The van der Waals surface area contributed by atoms with Crippen molar-refractivity contribution < 1.29 is 4.79 Å². The SMILES string of the molecule is C=C[C@@H]1CC[C@@H](CC)[C@@](C)(C(=O)NC(C)(C)C)C1.N#N. The smallest absolute Gasteiger partial charge is 0.226 e. The molecule has 0 spiro atoms. The van der Waals surface area contributed by atoms with Crippen LogP contribution >= 0.6 is 0 Å². The van der Waals surface area contributed by atoms with E-state index in [1.54, 1.807) is 0 Å². The molecule has 0 unspecified atom stereocenters. The van der Waals surface area contributed by atoms with Crippen LogP contribution in [0.2, 0.25) is 0 Å². The minimum absolute atomic E-state index is 0.153. The zero-order valence-electron chi connectivity index (χ0n) is 13.6. The number of carbonyl (C=O) groups is 1. The van der Waals surface area contributed by atoms with Crippen LogP contribution in [0.5, 0.6) is 0 Å². The summed E-state index contributed by atoms with van der Waals surface area (Å²) in [6.07, 6.45) is 6.37. The van der Waals surface area contributed by atoms with Crippen molar-refractivity contribution in [1.29, 1.82) is 10.8 Å². The molecule has 4 heteroatoms. The predicted molar refractivity (Wildman–Crippen MR) is 80.8 cm³/mol. The fourth-order valence-corrected chi connectivity index (χ4v) is 3.16. The molecule has 114 valence electrons. The van der Waals surface area contributed by atoms with Crippen molar-refractivity contribution in [2.24, 2.45) is 17.3 Å². The summed E-state index contributed by atoms with van der Waals surface area (Å²) < 4.78 is 0. The molecule has 1 fully saturated rings. The van der Waals surface area contributed by atoms with Crippen molar-refractivity contribution in [3.63, 3.8) is 0 Å². The maximum Gasteiger partial charge on any atom is 0.226 e. The van der Waals surface area contributed by atoms with Gasteiger partial charge < -0.3 is 5.32 Å². The highest BCUT2D eigenvalue weighted by atomic mass is 16.2. The number of carbonyl (C=O) groups excluding carboxylic acids is 1. The molecule has 1 N–H and O–H groups in total. The molecule has 0 aliphatic heterocycles. The number of hydrogen-bond acceptors (Lipinski definition) is 3. The Morgan fingerprint density at radius 2 is 1.95 bits per heavy atom. The van der Waals surface area contributed by atoms with Crippen LogP contribution in [-0.4, -0.2) is 11.4 Å². The molecule has 0 radical (unpaired) electrons. The van der Waals surface area contributed by atoms with Crippen molar-refractivity contribution >= 4 is 5.91 Å². The molecule has 1 aliphatic rings. The molecule has 0 saturated heterocycles. The van der Waals surface area contributed by atoms with Gasteiger partial charge in [-0.2, -0.15) is 0 Å². The maximum atomic E-state index is 12.6. The van der Waals surface area contributed by atoms with E-state index in [0.29, 0.717) is 11.8 Å². The zero-order valence-corrected chi connectivity index (χ0v) is 13.6. The molecule has 0 aromatic carbocycles. The molecular weight excluding hydrogens is 250 g/mol. The van der Waals surface area contributed by atoms with E-state index in [9.17, 15) is 4.79 Å². The quantitative estimate of drug-likeness (QED) is 0.627. The van der Waals surface area contributed by atoms with E-state index in [1.165, 1.54) is 6.42 Å². The number of allylic oxidation sites excluding steroid dienone is 1. The topological polar surface area (TPSA) is 76.7 Å². The van der Waals surface area contributed by atoms with Crippen LogP contribution in [0.4, 0.5) is 0 Å². The molecule has 0 heterocycles. The van der Waals surface area contributed by atoms with Crippen molar-refractivity contribution in [1.82, 2.24) is 5.32 Å². The first-order chi connectivity index (χ1) is 9.23. The summed E-state index contributed by atoms with van der Waals surface area (Å²) in [6.45, 7) is 14.4. The van der Waals surface area contributed by atoms with Gasteiger partial charge in [-0.3, -0.25) is 4.79 Å². The summed E-state index contributed by atoms with van der Waals surface area (Å²) in [4.78, 5) is 12.6. The predicted octanol–water partition coefficient (Wildman–Crippen LogP) is 3.95. The molecule has 1 saturated carbocycles. The van der Waals surface area contributed by atoms with Crippen LogP contribution < -0.4 is 5.32 Å². The molecule has 1 aliphatic carbocycles. The van der Waals surface area contributed by atoms with E-state index in [-0.39, 0.29) is 16.9 Å². The van der Waals surface area contributed by atoms with Crippen molar-refractivity contribution in [2.45, 2.75) is 65.8 Å². The third-order valence-corrected chi connectivity index (χ3v) is 4.31. The van der Waals surface area contributed by atoms with Crippen molar-refractivity contribution in [2.75, 3.05) is 0 Å². The van der Waals surface area contributed by atoms with Gasteiger partial charge in [-0.15, -0.1) is 6.58 Å². The molecule has 4 nitrogen and oxygen atoms in total. The summed E-state index contributed by atoms with van der Waals surface area (Å²) in [6, 6.07) is 0. The normalized spacial score (nSPS) is 29.8. The highest BCUT2D eigenvalue weighted by Gasteiger charge is 2.45. The average Bonchev–Trinajstić information content (AvgIpc) is 2.39. The number of amides is 1. The van der Waals surface area contributed by atoms with Gasteiger partial charge in [0.15, 0.2) is 0 Å². The molecule has 0 bridgehead atoms. The second kappa shape index (κ2) is 7.42. The standard InChI is InChI=1S/C16H29NO.N2/c1-7-12-9-10-13(8-2)16(6,11-12)14(18)17-15(3,4)5;1-2/h7,12-13H,1,8-11H2,2-6H3,(H,17,18);/t12-,13-,16+;/m1./s1. The van der Waals surface area contributed by atoms with E-state index in [0.717, 1.165) is 19.3 Å². The van der Waals surface area contributed by atoms with Gasteiger partial charge in [-0.05, 0) is 51.9 Å². The first-order valence-corrected chi connectivity index (χ1v) is 7.38. The van der Waals surface area contributed by atoms with Crippen LogP contribution in [0.15, 0.2) is 12.7 Å². The van der Waals surface area contributed by atoms with E-state index in [1.807, 2.05) is 26.8 Å². The minimum atomic E-state index is -0.237. The van der Waals surface area contributed by atoms with Crippen LogP contribution in [0.1, 0.15) is 60.3 Å². The molecule has 1 amide bonds. The lowest BCUT2D eigenvalue weighted by Gasteiger charge is -2.44. The van der Waals surface area contributed by atoms with E-state index in [4.69, 9.17) is 10.8 Å². The molecular formula is C16H29N3O. The summed E-state index contributed by atoms with van der Waals surface area (Å²) in [7, 11) is 0. The molecule has 1 rings (SSSR count). The second-order valence-corrected chi connectivity index (χ2v) is 7.00. The van der Waals surface area contributed by atoms with Gasteiger partial charge in [0.1, 0.15) is 0 Å². The first kappa shape index (κ1) is 18.6. The Balaban J connectivity index is 0.00000172. The molecule has 0 aromatic rings. The Kier molecular flexibility index (Phi) is 6.91. The highest BCUT2D eigenvalue weighted by molar-refractivity contribution is 5.83.